The number of aromatic nitrogens is 4. The first-order chi connectivity index (χ1) is 64.9. The summed E-state index contributed by atoms with van der Waals surface area (Å²) in [7, 11) is 4.81. The van der Waals surface area contributed by atoms with Crippen LogP contribution in [0, 0.1) is 20.2 Å². The predicted octanol–water partition coefficient (Wildman–Crippen LogP) is 13.0. The summed E-state index contributed by atoms with van der Waals surface area (Å²) in [6.45, 7) is 6.77. The van der Waals surface area contributed by atoms with E-state index in [2.05, 4.69) is 4.98 Å². The molecule has 698 valence electrons. The standard InChI is InChI=1S/C18H17NO5.C16H15NO4.C16H13NO4.C10H9NO4.C9H9NO5.2C9H11NO3.C7H5NO4/c1-21-14-4-2-3-12(9-14)11-19-15-10-13(17-22-7-8-23-17)5-6-16(15)24-18(19)20;2*1-20-13-4-2-3-11(7-13)9-17-14-8-12(10-18)5-6-15(14)21-16(17)19;12-10-11-7-5-6(1-2-8(7)15-10)9-13-3-4-14-9;11-8-2-1-6(5-7(8)10(12)13)9-14-3-4-15-9;2*10-7-5-6(1-2-8(7)11)9-12-3-4-13-9;9-4-5-1-2-7(10)6(3-5)8(11)12/h2-6,9-10,17H,7-8,11H2,1H3;2-8,18H,9-10H2,1H3;2-8,10H,9H2,1H3;1-2,5,9H,3-4H2,(H,11,12);1-2,5,9,11H,3-4H2;2*1-2,5,9,11H,3-4,10H2;1-4,10H. The van der Waals surface area contributed by atoms with Gasteiger partial charge < -0.3 is 116 Å². The number of aromatic hydroxyl groups is 4. The summed E-state index contributed by atoms with van der Waals surface area (Å²) in [6, 6.07) is 60.9. The molecular weight excluding hydrogens is 1750 g/mol. The van der Waals surface area contributed by atoms with Gasteiger partial charge in [0, 0.05) is 51.1 Å². The van der Waals surface area contributed by atoms with Crippen molar-refractivity contribution in [2.24, 2.45) is 0 Å². The topological polar surface area (TPSA) is 545 Å². The third kappa shape index (κ3) is 24.9. The Kier molecular flexibility index (Phi) is 32.8. The van der Waals surface area contributed by atoms with Crippen LogP contribution in [0.5, 0.6) is 40.2 Å². The highest BCUT2D eigenvalue weighted by molar-refractivity contribution is 5.84. The van der Waals surface area contributed by atoms with Gasteiger partial charge in [-0.15, -0.1) is 0 Å². The van der Waals surface area contributed by atoms with Gasteiger partial charge in [-0.1, -0.05) is 66.7 Å². The molecule has 40 heteroatoms. The number of nitrogen functional groups attached to an aromatic ring is 2. The molecule has 4 aromatic heterocycles. The number of oxazole rings is 4. The van der Waals surface area contributed by atoms with Gasteiger partial charge in [-0.2, -0.15) is 0 Å². The normalized spacial score (nSPS) is 14.3. The number of hydrogen-bond donors (Lipinski definition) is 8. The van der Waals surface area contributed by atoms with Gasteiger partial charge in [0.05, 0.1) is 157 Å². The number of nitrogens with two attached hydrogens (primary N) is 2. The van der Waals surface area contributed by atoms with Gasteiger partial charge in [0.15, 0.2) is 65.3 Å². The number of methoxy groups -OCH3 is 3. The molecule has 5 aliphatic rings. The Morgan fingerprint density at radius 3 is 1.08 bits per heavy atom. The minimum atomic E-state index is -0.748. The lowest BCUT2D eigenvalue weighted by atomic mass is 10.2. The van der Waals surface area contributed by atoms with Crippen LogP contribution in [0.4, 0.5) is 22.7 Å². The number of benzene rings is 11. The molecule has 11 aromatic carbocycles. The quantitative estimate of drug-likeness (QED) is 0.0122. The molecule has 0 aliphatic carbocycles. The van der Waals surface area contributed by atoms with Crippen LogP contribution >= 0.6 is 0 Å². The number of anilines is 2. The Morgan fingerprint density at radius 2 is 0.694 bits per heavy atom. The molecule has 9 heterocycles. The van der Waals surface area contributed by atoms with Crippen molar-refractivity contribution in [3.63, 3.8) is 0 Å². The third-order valence-electron chi connectivity index (χ3n) is 20.4. The molecule has 0 unspecified atom stereocenters. The predicted molar refractivity (Wildman–Crippen MR) is 479 cm³/mol. The third-order valence-corrected chi connectivity index (χ3v) is 20.4. The first-order valence-electron chi connectivity index (χ1n) is 41.1. The fraction of sp³-hybridized carbons (Fsp3) is 0.234. The van der Waals surface area contributed by atoms with E-state index < -0.39 is 50.6 Å². The van der Waals surface area contributed by atoms with Crippen LogP contribution in [0.2, 0.25) is 0 Å². The summed E-state index contributed by atoms with van der Waals surface area (Å²) in [4.78, 5) is 90.2. The van der Waals surface area contributed by atoms with Gasteiger partial charge in [0.1, 0.15) is 41.3 Å². The summed E-state index contributed by atoms with van der Waals surface area (Å²) in [5.74, 6) is -0.114. The molecule has 0 amide bonds. The van der Waals surface area contributed by atoms with Gasteiger partial charge in [-0.05, 0) is 162 Å². The average molecular weight is 1840 g/mol. The number of fused-ring (bicyclic) bond motifs is 4. The van der Waals surface area contributed by atoms with E-state index in [0.717, 1.165) is 85.7 Å². The van der Waals surface area contributed by atoms with Crippen LogP contribution in [0.3, 0.4) is 0 Å². The lowest BCUT2D eigenvalue weighted by molar-refractivity contribution is -0.386. The van der Waals surface area contributed by atoms with Crippen molar-refractivity contribution in [1.29, 1.82) is 0 Å². The number of phenols is 4. The van der Waals surface area contributed by atoms with Gasteiger partial charge in [0.2, 0.25) is 0 Å². The summed E-state index contributed by atoms with van der Waals surface area (Å²) < 4.78 is 94.1. The number of aliphatic hydroxyl groups excluding tert-OH is 1. The number of nitro groups is 2. The smallest absolute Gasteiger partial charge is 0.420 e. The first-order valence-corrected chi connectivity index (χ1v) is 41.1. The van der Waals surface area contributed by atoms with E-state index in [-0.39, 0.29) is 60.3 Å². The molecule has 5 fully saturated rings. The average Bonchev–Trinajstić information content (AvgIpc) is 1.64. The zero-order valence-electron chi connectivity index (χ0n) is 71.9. The maximum Gasteiger partial charge on any atom is 0.420 e. The second-order valence-electron chi connectivity index (χ2n) is 29.4. The highest BCUT2D eigenvalue weighted by Crippen LogP contribution is 2.36. The van der Waals surface area contributed by atoms with E-state index in [9.17, 15) is 69.4 Å². The van der Waals surface area contributed by atoms with Crippen molar-refractivity contribution in [1.82, 2.24) is 18.7 Å². The summed E-state index contributed by atoms with van der Waals surface area (Å²) in [5.41, 5.74) is 23.9. The van der Waals surface area contributed by atoms with E-state index in [1.165, 1.54) is 34.9 Å². The number of carbonyl (C=O) groups excluding carboxylic acids is 2. The molecule has 15 aromatic rings. The molecule has 0 bridgehead atoms. The van der Waals surface area contributed by atoms with Crippen LogP contribution in [-0.4, -0.2) is 154 Å². The second-order valence-corrected chi connectivity index (χ2v) is 29.4. The lowest BCUT2D eigenvalue weighted by Crippen LogP contribution is -2.15. The zero-order valence-corrected chi connectivity index (χ0v) is 71.9. The summed E-state index contributed by atoms with van der Waals surface area (Å²) in [6.07, 6.45) is -0.716. The number of nitrogens with one attached hydrogen (secondary N) is 1. The second kappa shape index (κ2) is 45.8. The monoisotopic (exact) mass is 1840 g/mol. The van der Waals surface area contributed by atoms with Crippen LogP contribution in [0.15, 0.2) is 255 Å². The minimum absolute atomic E-state index is 0.0749. The first kappa shape index (κ1) is 96.0. The number of carbonyl (C=O) groups is 2. The summed E-state index contributed by atoms with van der Waals surface area (Å²) in [5, 5.41) is 66.5. The Balaban J connectivity index is 0.000000131. The number of hydrogen-bond acceptors (Lipinski definition) is 34. The molecule has 5 saturated heterocycles. The number of aldehydes is 2. The number of ether oxygens (including phenoxy) is 13. The largest absolute Gasteiger partial charge is 0.506 e. The van der Waals surface area contributed by atoms with Crippen LogP contribution < -0.4 is 48.7 Å². The van der Waals surface area contributed by atoms with E-state index in [0.29, 0.717) is 153 Å². The summed E-state index contributed by atoms with van der Waals surface area (Å²) >= 11 is 0. The Labute approximate surface area is 758 Å². The highest BCUT2D eigenvalue weighted by Gasteiger charge is 2.27. The number of aliphatic hydroxyl groups is 1. The van der Waals surface area contributed by atoms with Crippen molar-refractivity contribution < 1.29 is 124 Å². The van der Waals surface area contributed by atoms with Crippen molar-refractivity contribution in [2.45, 2.75) is 57.7 Å². The molecule has 0 spiro atoms. The van der Waals surface area contributed by atoms with Gasteiger partial charge in [-0.25, -0.2) is 19.2 Å². The fourth-order valence-electron chi connectivity index (χ4n) is 13.8. The van der Waals surface area contributed by atoms with Crippen molar-refractivity contribution >= 4 is 79.7 Å². The van der Waals surface area contributed by atoms with Gasteiger partial charge in [-0.3, -0.25) is 48.5 Å². The molecule has 134 heavy (non-hydrogen) atoms. The van der Waals surface area contributed by atoms with E-state index >= 15 is 0 Å². The maximum atomic E-state index is 12.2. The van der Waals surface area contributed by atoms with Gasteiger partial charge in [0.25, 0.3) is 0 Å². The molecule has 40 nitrogen and oxygen atoms in total. The number of phenolic OH excluding ortho intramolecular Hbond substituents is 4. The van der Waals surface area contributed by atoms with Crippen molar-refractivity contribution in [3.05, 3.63) is 342 Å². The Bertz CT molecular complexity index is 6780. The van der Waals surface area contributed by atoms with Crippen LogP contribution in [0.25, 0.3) is 44.4 Å². The molecule has 0 atom stereocenters. The molecule has 0 saturated carbocycles. The molecule has 5 aliphatic heterocycles. The number of H-pyrrole nitrogens is 1. The van der Waals surface area contributed by atoms with Crippen LogP contribution in [-0.2, 0) is 73.6 Å². The van der Waals surface area contributed by atoms with Crippen molar-refractivity contribution in [3.8, 4) is 40.2 Å². The van der Waals surface area contributed by atoms with Crippen molar-refractivity contribution in [2.75, 3.05) is 98.9 Å². The Hall–Kier alpha value is -15.6. The van der Waals surface area contributed by atoms with E-state index in [4.69, 9.17) is 95.8 Å². The maximum absolute atomic E-state index is 12.2. The van der Waals surface area contributed by atoms with E-state index in [1.54, 1.807) is 115 Å². The zero-order chi connectivity index (χ0) is 94.9. The van der Waals surface area contributed by atoms with Gasteiger partial charge >= 0.3 is 34.4 Å². The van der Waals surface area contributed by atoms with E-state index in [1.807, 2.05) is 91.0 Å². The SMILES string of the molecule is COc1cccc(Cn2c(=O)oc3ccc(C4OCCO4)cc32)c1.COc1cccc(Cn2c(=O)oc3ccc(C=O)cc32)c1.COc1cccc(Cn2c(=O)oc3ccc(CO)cc32)c1.Nc1cc(C2OCCO2)ccc1O.Nc1cc(C2OCCO2)ccc1O.O=Cc1ccc(O)c([N+](=O)[O-])c1.O=[N+]([O-])c1cc(C2OCCO2)ccc1O.O=c1[nH]c2cc(C3OCCO3)ccc2o1. The molecular formula is C94H90N8O32. The highest BCUT2D eigenvalue weighted by atomic mass is 16.7. The number of nitrogens with zero attached hydrogens (tertiary/aromatic N) is 5. The minimum Gasteiger partial charge on any atom is -0.506 e. The number of rotatable bonds is 19. The number of aromatic amines is 1. The fourth-order valence-corrected chi connectivity index (χ4v) is 13.8. The number of nitro benzene ring substituents is 2. The molecule has 20 rings (SSSR count). The Morgan fingerprint density at radius 1 is 0.373 bits per heavy atom. The molecule has 0 radical (unpaired) electrons. The molecule has 10 N–H and O–H groups in total. The lowest BCUT2D eigenvalue weighted by Gasteiger charge is -2.10. The van der Waals surface area contributed by atoms with Crippen LogP contribution in [0.1, 0.15) is 102 Å².